The summed E-state index contributed by atoms with van der Waals surface area (Å²) < 4.78 is 4.96. The van der Waals surface area contributed by atoms with E-state index in [2.05, 4.69) is 0 Å². The Balaban J connectivity index is 3.71. The fraction of sp³-hybridized carbons (Fsp3) is 0.889. The molecular weight excluding hydrogens is 170 g/mol. The van der Waals surface area contributed by atoms with Gasteiger partial charge in [0.2, 0.25) is 0 Å². The summed E-state index contributed by atoms with van der Waals surface area (Å²) in [6.07, 6.45) is 0.856. The Morgan fingerprint density at radius 2 is 2.15 bits per heavy atom. The second-order valence-corrected chi connectivity index (χ2v) is 3.13. The minimum atomic E-state index is -1.07. The van der Waals surface area contributed by atoms with E-state index < -0.39 is 12.1 Å². The molecule has 0 saturated carbocycles. The minimum Gasteiger partial charge on any atom is -0.461 e. The van der Waals surface area contributed by atoms with Crippen LogP contribution in [0.4, 0.5) is 0 Å². The maximum Gasteiger partial charge on any atom is 0.335 e. The molecule has 0 saturated heterocycles. The van der Waals surface area contributed by atoms with Crippen molar-refractivity contribution in [2.24, 2.45) is 5.73 Å². The molecule has 0 amide bonds. The van der Waals surface area contributed by atoms with Gasteiger partial charge < -0.3 is 15.6 Å². The van der Waals surface area contributed by atoms with Crippen LogP contribution < -0.4 is 5.73 Å². The lowest BCUT2D eigenvalue weighted by Crippen LogP contribution is -2.28. The largest absolute Gasteiger partial charge is 0.461 e. The Hall–Kier alpha value is -0.610. The van der Waals surface area contributed by atoms with Crippen LogP contribution in [0, 0.1) is 0 Å². The Bertz CT molecular complexity index is 150. The molecule has 1 unspecified atom stereocenters. The van der Waals surface area contributed by atoms with Crippen molar-refractivity contribution in [2.75, 3.05) is 6.54 Å². The van der Waals surface area contributed by atoms with E-state index in [0.717, 1.165) is 12.8 Å². The van der Waals surface area contributed by atoms with Crippen LogP contribution in [0.15, 0.2) is 0 Å². The van der Waals surface area contributed by atoms with E-state index in [1.54, 1.807) is 0 Å². The molecule has 0 aliphatic carbocycles. The molecule has 2 atom stereocenters. The SMILES string of the molecule is CCCC(C)OC(=O)[C@@H](O)CCN. The summed E-state index contributed by atoms with van der Waals surface area (Å²) in [4.78, 5) is 11.1. The summed E-state index contributed by atoms with van der Waals surface area (Å²) in [5, 5.41) is 9.18. The van der Waals surface area contributed by atoms with Gasteiger partial charge in [0.25, 0.3) is 0 Å². The van der Waals surface area contributed by atoms with Crippen molar-refractivity contribution in [2.45, 2.75) is 45.3 Å². The lowest BCUT2D eigenvalue weighted by molar-refractivity contribution is -0.158. The number of aliphatic hydroxyl groups is 1. The molecule has 3 N–H and O–H groups in total. The number of aliphatic hydroxyl groups excluding tert-OH is 1. The van der Waals surface area contributed by atoms with Gasteiger partial charge in [0, 0.05) is 0 Å². The van der Waals surface area contributed by atoms with Crippen molar-refractivity contribution in [3.05, 3.63) is 0 Å². The average molecular weight is 189 g/mol. The molecule has 0 heterocycles. The quantitative estimate of drug-likeness (QED) is 0.594. The van der Waals surface area contributed by atoms with Gasteiger partial charge in [0.05, 0.1) is 6.10 Å². The highest BCUT2D eigenvalue weighted by Gasteiger charge is 2.17. The topological polar surface area (TPSA) is 72.5 Å². The number of hydrogen-bond donors (Lipinski definition) is 2. The predicted molar refractivity (Wildman–Crippen MR) is 50.1 cm³/mol. The van der Waals surface area contributed by atoms with Crippen LogP contribution in [-0.2, 0) is 9.53 Å². The lowest BCUT2D eigenvalue weighted by Gasteiger charge is -2.14. The first-order valence-corrected chi connectivity index (χ1v) is 4.70. The first-order valence-electron chi connectivity index (χ1n) is 4.70. The van der Waals surface area contributed by atoms with E-state index in [4.69, 9.17) is 10.5 Å². The van der Waals surface area contributed by atoms with Crippen LogP contribution >= 0.6 is 0 Å². The highest BCUT2D eigenvalue weighted by Crippen LogP contribution is 2.03. The molecule has 0 aromatic carbocycles. The maximum absolute atomic E-state index is 11.1. The van der Waals surface area contributed by atoms with Gasteiger partial charge in [-0.2, -0.15) is 0 Å². The second kappa shape index (κ2) is 6.86. The fourth-order valence-electron chi connectivity index (χ4n) is 1.02. The average Bonchev–Trinajstić information content (AvgIpc) is 2.05. The molecule has 0 fully saturated rings. The summed E-state index contributed by atoms with van der Waals surface area (Å²) in [6.45, 7) is 4.12. The minimum absolute atomic E-state index is 0.120. The molecular formula is C9H19NO3. The van der Waals surface area contributed by atoms with Gasteiger partial charge >= 0.3 is 5.97 Å². The summed E-state index contributed by atoms with van der Waals surface area (Å²) in [5.74, 6) is -0.564. The first-order chi connectivity index (χ1) is 6.11. The number of esters is 1. The van der Waals surface area contributed by atoms with E-state index >= 15 is 0 Å². The Kier molecular flexibility index (Phi) is 6.54. The summed E-state index contributed by atoms with van der Waals surface area (Å²) >= 11 is 0. The molecule has 0 radical (unpaired) electrons. The summed E-state index contributed by atoms with van der Waals surface area (Å²) in [5.41, 5.74) is 5.19. The zero-order valence-corrected chi connectivity index (χ0v) is 8.32. The van der Waals surface area contributed by atoms with Gasteiger partial charge in [-0.25, -0.2) is 4.79 Å². The van der Waals surface area contributed by atoms with E-state index in [9.17, 15) is 9.90 Å². The molecule has 4 nitrogen and oxygen atoms in total. The van der Waals surface area contributed by atoms with Crippen molar-refractivity contribution < 1.29 is 14.6 Å². The second-order valence-electron chi connectivity index (χ2n) is 3.13. The van der Waals surface area contributed by atoms with Gasteiger partial charge in [-0.05, 0) is 26.3 Å². The van der Waals surface area contributed by atoms with Crippen molar-refractivity contribution in [3.8, 4) is 0 Å². The Morgan fingerprint density at radius 1 is 1.54 bits per heavy atom. The van der Waals surface area contributed by atoms with E-state index in [-0.39, 0.29) is 12.5 Å². The van der Waals surface area contributed by atoms with Crippen LogP contribution in [0.25, 0.3) is 0 Å². The molecule has 0 aromatic rings. The third-order valence-corrected chi connectivity index (χ3v) is 1.72. The number of hydrogen-bond acceptors (Lipinski definition) is 4. The van der Waals surface area contributed by atoms with Crippen LogP contribution in [0.2, 0.25) is 0 Å². The van der Waals surface area contributed by atoms with Gasteiger partial charge in [-0.15, -0.1) is 0 Å². The van der Waals surface area contributed by atoms with Crippen molar-refractivity contribution in [1.29, 1.82) is 0 Å². The normalized spacial score (nSPS) is 15.1. The van der Waals surface area contributed by atoms with Crippen LogP contribution in [0.1, 0.15) is 33.1 Å². The summed E-state index contributed by atoms with van der Waals surface area (Å²) in [6, 6.07) is 0. The zero-order chi connectivity index (χ0) is 10.3. The monoisotopic (exact) mass is 189 g/mol. The molecule has 0 aromatic heterocycles. The zero-order valence-electron chi connectivity index (χ0n) is 8.32. The molecule has 0 spiro atoms. The van der Waals surface area contributed by atoms with Crippen LogP contribution in [-0.4, -0.2) is 29.8 Å². The lowest BCUT2D eigenvalue weighted by atomic mass is 10.2. The third-order valence-electron chi connectivity index (χ3n) is 1.72. The van der Waals surface area contributed by atoms with E-state index in [1.807, 2.05) is 13.8 Å². The van der Waals surface area contributed by atoms with Crippen molar-refractivity contribution in [1.82, 2.24) is 0 Å². The highest BCUT2D eigenvalue weighted by molar-refractivity contribution is 5.74. The number of rotatable bonds is 6. The van der Waals surface area contributed by atoms with Gasteiger partial charge in [0.1, 0.15) is 0 Å². The van der Waals surface area contributed by atoms with Gasteiger partial charge in [-0.3, -0.25) is 0 Å². The predicted octanol–water partition coefficient (Wildman–Crippen LogP) is 0.428. The molecule has 0 aliphatic heterocycles. The molecule has 0 rings (SSSR count). The van der Waals surface area contributed by atoms with Crippen LogP contribution in [0.3, 0.4) is 0 Å². The molecule has 0 aliphatic rings. The van der Waals surface area contributed by atoms with Gasteiger partial charge in [0.15, 0.2) is 6.10 Å². The molecule has 4 heteroatoms. The van der Waals surface area contributed by atoms with Crippen molar-refractivity contribution in [3.63, 3.8) is 0 Å². The number of carbonyl (C=O) groups excluding carboxylic acids is 1. The van der Waals surface area contributed by atoms with Crippen LogP contribution in [0.5, 0.6) is 0 Å². The Labute approximate surface area is 79.1 Å². The highest BCUT2D eigenvalue weighted by atomic mass is 16.6. The summed E-state index contributed by atoms with van der Waals surface area (Å²) in [7, 11) is 0. The van der Waals surface area contributed by atoms with Crippen molar-refractivity contribution >= 4 is 5.97 Å². The number of carbonyl (C=O) groups is 1. The molecule has 13 heavy (non-hydrogen) atoms. The number of nitrogens with two attached hydrogens (primary N) is 1. The van der Waals surface area contributed by atoms with E-state index in [0.29, 0.717) is 6.54 Å². The van der Waals surface area contributed by atoms with E-state index in [1.165, 1.54) is 0 Å². The maximum atomic E-state index is 11.1. The molecule has 0 bridgehead atoms. The Morgan fingerprint density at radius 3 is 2.62 bits per heavy atom. The fourth-order valence-corrected chi connectivity index (χ4v) is 1.02. The first kappa shape index (κ1) is 12.4. The molecule has 78 valence electrons. The third kappa shape index (κ3) is 5.60. The standard InChI is InChI=1S/C9H19NO3/c1-3-4-7(2)13-9(12)8(11)5-6-10/h7-8,11H,3-6,10H2,1-2H3/t7?,8-/m0/s1. The van der Waals surface area contributed by atoms with Gasteiger partial charge in [-0.1, -0.05) is 13.3 Å². The smallest absolute Gasteiger partial charge is 0.335 e. The number of ether oxygens (including phenoxy) is 1.